The van der Waals surface area contributed by atoms with Crippen molar-refractivity contribution in [2.24, 2.45) is 0 Å². The van der Waals surface area contributed by atoms with Crippen molar-refractivity contribution in [2.45, 2.75) is 27.2 Å². The average molecular weight is 1440 g/mol. The first-order valence-electron chi connectivity index (χ1n) is 37.9. The van der Waals surface area contributed by atoms with Crippen LogP contribution >= 0.6 is 0 Å². The third-order valence-corrected chi connectivity index (χ3v) is 20.4. The van der Waals surface area contributed by atoms with Crippen LogP contribution in [0, 0.1) is 13.8 Å². The van der Waals surface area contributed by atoms with Crippen molar-refractivity contribution < 1.29 is 0 Å². The van der Waals surface area contributed by atoms with Crippen LogP contribution in [0.5, 0.6) is 0 Å². The van der Waals surface area contributed by atoms with E-state index < -0.39 is 0 Å². The van der Waals surface area contributed by atoms with E-state index in [1.54, 1.807) is 0 Å². The molecule has 18 rings (SSSR count). The van der Waals surface area contributed by atoms with Gasteiger partial charge >= 0.3 is 0 Å². The third kappa shape index (κ3) is 15.3. The summed E-state index contributed by atoms with van der Waals surface area (Å²) in [5, 5.41) is 0. The molecule has 0 bridgehead atoms. The molecule has 112 heavy (non-hydrogen) atoms. The Labute approximate surface area is 654 Å². The second-order valence-corrected chi connectivity index (χ2v) is 27.7. The summed E-state index contributed by atoms with van der Waals surface area (Å²) in [6.45, 7) is 6.23. The highest BCUT2D eigenvalue weighted by Crippen LogP contribution is 2.47. The maximum Gasteiger partial charge on any atom is 0.164 e. The molecule has 0 aliphatic rings. The van der Waals surface area contributed by atoms with E-state index in [4.69, 9.17) is 34.9 Å². The fourth-order valence-corrected chi connectivity index (χ4v) is 14.7. The second kappa shape index (κ2) is 32.5. The first-order valence-corrected chi connectivity index (χ1v) is 37.9. The van der Waals surface area contributed by atoms with Crippen molar-refractivity contribution in [1.29, 1.82) is 0 Å². The molecule has 0 spiro atoms. The van der Waals surface area contributed by atoms with E-state index in [0.29, 0.717) is 34.9 Å². The Kier molecular flexibility index (Phi) is 20.4. The molecule has 18 aromatic rings. The predicted molar refractivity (Wildman–Crippen MR) is 461 cm³/mol. The molecule has 14 aromatic carbocycles. The van der Waals surface area contributed by atoms with E-state index in [2.05, 4.69) is 340 Å². The predicted octanol–water partition coefficient (Wildman–Crippen LogP) is 26.4. The van der Waals surface area contributed by atoms with Gasteiger partial charge in [0.15, 0.2) is 34.9 Å². The molecule has 4 aromatic heterocycles. The fourth-order valence-electron chi connectivity index (χ4n) is 14.7. The standard InChI is InChI=1S/C53H40N4.C51H36N4/c1-3-46-31-32-47(36(2)54-46)43-25-16-26-44(33-43)53-56-51(41-23-14-7-15-24-41)55-52(57-53)42-29-27-40(28-30-42)50-48(38-19-10-5-11-20-38)34-45(37-17-8-4-9-18-37)35-49(50)39-21-12-6-13-22-39;1-35-45(23-14-32-52-35)39-24-28-42(29-25-39)50-53-49(41-21-12-5-13-22-41)54-51(55-50)43-30-26-40(27-31-43)48-46(37-17-8-3-9-18-37)33-44(36-15-6-2-7-16-36)34-47(48)38-19-10-4-11-20-38/h4-35H,3H2,1-2H3;2-34H,1H3. The number of nitrogens with zero attached hydrogens (tertiary/aromatic N) is 8. The topological polar surface area (TPSA) is 103 Å². The van der Waals surface area contributed by atoms with Crippen LogP contribution in [0.2, 0.25) is 0 Å². The van der Waals surface area contributed by atoms with Gasteiger partial charge in [-0.2, -0.15) is 0 Å². The van der Waals surface area contributed by atoms with Crippen LogP contribution in [-0.2, 0) is 6.42 Å². The molecular weight excluding hydrogens is 1360 g/mol. The number of aryl methyl sites for hydroxylation is 3. The lowest BCUT2D eigenvalue weighted by molar-refractivity contribution is 1.01. The zero-order chi connectivity index (χ0) is 75.5. The van der Waals surface area contributed by atoms with Gasteiger partial charge in [-0.05, 0) is 163 Å². The number of pyridine rings is 2. The van der Waals surface area contributed by atoms with E-state index in [1.807, 2.05) is 79.9 Å². The van der Waals surface area contributed by atoms with E-state index in [9.17, 15) is 0 Å². The van der Waals surface area contributed by atoms with E-state index in [1.165, 1.54) is 55.6 Å². The van der Waals surface area contributed by atoms with Crippen LogP contribution < -0.4 is 0 Å². The Balaban J connectivity index is 0.000000163. The summed E-state index contributed by atoms with van der Waals surface area (Å²) < 4.78 is 0. The Morgan fingerprint density at radius 2 is 0.446 bits per heavy atom. The minimum atomic E-state index is 0.618. The molecule has 0 atom stereocenters. The molecule has 4 heterocycles. The number of aromatic nitrogens is 8. The summed E-state index contributed by atoms with van der Waals surface area (Å²) in [5.41, 5.74) is 31.6. The van der Waals surface area contributed by atoms with Crippen molar-refractivity contribution >= 4 is 0 Å². The molecule has 0 saturated heterocycles. The highest BCUT2D eigenvalue weighted by Gasteiger charge is 2.23. The molecule has 0 radical (unpaired) electrons. The van der Waals surface area contributed by atoms with Crippen LogP contribution in [0.1, 0.15) is 24.0 Å². The first-order chi connectivity index (χ1) is 55.3. The fraction of sp³-hybridized carbons (Fsp3) is 0.0385. The first kappa shape index (κ1) is 70.4. The van der Waals surface area contributed by atoms with Crippen LogP contribution in [0.3, 0.4) is 0 Å². The van der Waals surface area contributed by atoms with Crippen LogP contribution in [-0.4, -0.2) is 39.9 Å². The lowest BCUT2D eigenvalue weighted by Gasteiger charge is -2.19. The summed E-state index contributed by atoms with van der Waals surface area (Å²) in [7, 11) is 0. The zero-order valence-electron chi connectivity index (χ0n) is 62.3. The monoisotopic (exact) mass is 1440 g/mol. The number of benzene rings is 14. The third-order valence-electron chi connectivity index (χ3n) is 20.4. The van der Waals surface area contributed by atoms with Crippen molar-refractivity contribution in [3.63, 3.8) is 0 Å². The van der Waals surface area contributed by atoms with Gasteiger partial charge in [0, 0.05) is 67.8 Å². The van der Waals surface area contributed by atoms with Gasteiger partial charge < -0.3 is 0 Å². The Morgan fingerprint density at radius 3 is 0.777 bits per heavy atom. The van der Waals surface area contributed by atoms with Crippen molar-refractivity contribution in [2.75, 3.05) is 0 Å². The lowest BCUT2D eigenvalue weighted by Crippen LogP contribution is -2.00. The highest BCUT2D eigenvalue weighted by atomic mass is 15.0. The SMILES string of the molecule is CCc1ccc(-c2cccc(-c3nc(-c4ccccc4)nc(-c4ccc(-c5c(-c6ccccc6)cc(-c6ccccc6)cc5-c5ccccc5)cc4)n3)c2)c(C)n1.Cc1ncccc1-c1ccc(-c2nc(-c3ccccc3)nc(-c3ccc(-c4c(-c5ccccc5)cc(-c5ccccc5)cc4-c4ccccc4)cc3)n2)cc1. The molecular formula is C104H76N8. The van der Waals surface area contributed by atoms with Gasteiger partial charge in [0.05, 0.1) is 0 Å². The average Bonchev–Trinajstić information content (AvgIpc) is 0.765. The van der Waals surface area contributed by atoms with Crippen LogP contribution in [0.25, 0.3) is 180 Å². The number of hydrogen-bond donors (Lipinski definition) is 0. The van der Waals surface area contributed by atoms with E-state index >= 15 is 0 Å². The van der Waals surface area contributed by atoms with Crippen molar-refractivity contribution in [3.8, 4) is 180 Å². The quantitative estimate of drug-likeness (QED) is 0.0888. The number of hydrogen-bond acceptors (Lipinski definition) is 8. The van der Waals surface area contributed by atoms with E-state index in [-0.39, 0.29) is 0 Å². The molecule has 8 heteroatoms. The van der Waals surface area contributed by atoms with Gasteiger partial charge in [-0.25, -0.2) is 29.9 Å². The highest BCUT2D eigenvalue weighted by molar-refractivity contribution is 6.00. The largest absolute Gasteiger partial charge is 0.261 e. The van der Waals surface area contributed by atoms with Crippen molar-refractivity contribution in [3.05, 3.63) is 412 Å². The summed E-state index contributed by atoms with van der Waals surface area (Å²) >= 11 is 0. The summed E-state index contributed by atoms with van der Waals surface area (Å²) in [4.78, 5) is 39.6. The number of rotatable bonds is 17. The molecule has 0 unspecified atom stereocenters. The minimum Gasteiger partial charge on any atom is -0.261 e. The molecule has 0 aliphatic heterocycles. The summed E-state index contributed by atoms with van der Waals surface area (Å²) in [6, 6.07) is 136. The molecule has 8 nitrogen and oxygen atoms in total. The van der Waals surface area contributed by atoms with Gasteiger partial charge in [0.1, 0.15) is 0 Å². The summed E-state index contributed by atoms with van der Waals surface area (Å²) in [6.07, 6.45) is 2.73. The second-order valence-electron chi connectivity index (χ2n) is 27.7. The van der Waals surface area contributed by atoms with Gasteiger partial charge in [-0.15, -0.1) is 0 Å². The van der Waals surface area contributed by atoms with Crippen LogP contribution in [0.4, 0.5) is 0 Å². The summed E-state index contributed by atoms with van der Waals surface area (Å²) in [5.74, 6) is 3.74. The molecule has 0 fully saturated rings. The molecule has 0 aliphatic carbocycles. The van der Waals surface area contributed by atoms with Crippen LogP contribution in [0.15, 0.2) is 394 Å². The zero-order valence-corrected chi connectivity index (χ0v) is 62.3. The Hall–Kier alpha value is -14.6. The van der Waals surface area contributed by atoms with Gasteiger partial charge in [-0.3, -0.25) is 9.97 Å². The molecule has 0 amide bonds. The van der Waals surface area contributed by atoms with E-state index in [0.717, 1.165) is 113 Å². The minimum absolute atomic E-state index is 0.618. The van der Waals surface area contributed by atoms with Gasteiger partial charge in [0.25, 0.3) is 0 Å². The molecule has 532 valence electrons. The van der Waals surface area contributed by atoms with Gasteiger partial charge in [0.2, 0.25) is 0 Å². The van der Waals surface area contributed by atoms with Crippen molar-refractivity contribution in [1.82, 2.24) is 39.9 Å². The smallest absolute Gasteiger partial charge is 0.164 e. The van der Waals surface area contributed by atoms with Gasteiger partial charge in [-0.1, -0.05) is 353 Å². The molecule has 0 N–H and O–H groups in total. The maximum atomic E-state index is 5.12. The molecule has 0 saturated carbocycles. The Bertz CT molecular complexity index is 6170. The maximum absolute atomic E-state index is 5.12. The Morgan fingerprint density at radius 1 is 0.179 bits per heavy atom. The lowest BCUT2D eigenvalue weighted by atomic mass is 9.84. The normalized spacial score (nSPS) is 11.0.